The molecule has 0 bridgehead atoms. The van der Waals surface area contributed by atoms with Gasteiger partial charge in [-0.15, -0.1) is 0 Å². The molecule has 2 saturated carbocycles. The number of rotatable bonds is 3. The van der Waals surface area contributed by atoms with E-state index in [0.29, 0.717) is 16.9 Å². The summed E-state index contributed by atoms with van der Waals surface area (Å²) in [6.07, 6.45) is 9.15. The fourth-order valence-electron chi connectivity index (χ4n) is 3.81. The molecule has 0 aromatic carbocycles. The Morgan fingerprint density at radius 1 is 0.944 bits per heavy atom. The zero-order chi connectivity index (χ0) is 13.4. The minimum atomic E-state index is 0.237. The highest BCUT2D eigenvalue weighted by Crippen LogP contribution is 2.42. The Kier molecular flexibility index (Phi) is 3.81. The predicted molar refractivity (Wildman–Crippen MR) is 78.6 cm³/mol. The first kappa shape index (κ1) is 14.3. The molecule has 1 atom stereocenters. The van der Waals surface area contributed by atoms with Crippen molar-refractivity contribution >= 4 is 0 Å². The van der Waals surface area contributed by atoms with E-state index in [2.05, 4.69) is 33.0 Å². The molecule has 2 aliphatic carbocycles. The van der Waals surface area contributed by atoms with Crippen LogP contribution in [0.1, 0.15) is 72.6 Å². The van der Waals surface area contributed by atoms with E-state index in [1.807, 2.05) is 0 Å². The van der Waals surface area contributed by atoms with Crippen molar-refractivity contribution in [3.05, 3.63) is 0 Å². The quantitative estimate of drug-likeness (QED) is 0.807. The van der Waals surface area contributed by atoms with Gasteiger partial charge in [0.05, 0.1) is 0 Å². The fraction of sp³-hybridized carbons (Fsp3) is 1.00. The fourth-order valence-corrected chi connectivity index (χ4v) is 3.81. The minimum Gasteiger partial charge on any atom is -0.329 e. The average Bonchev–Trinajstić information content (AvgIpc) is 2.62. The molecular weight excluding hydrogens is 220 g/mol. The summed E-state index contributed by atoms with van der Waals surface area (Å²) in [7, 11) is 0. The normalized spacial score (nSPS) is 33.5. The van der Waals surface area contributed by atoms with Gasteiger partial charge in [0.1, 0.15) is 0 Å². The smallest absolute Gasteiger partial charge is 0.0306 e. The number of nitrogens with one attached hydrogen (secondary N) is 1. The summed E-state index contributed by atoms with van der Waals surface area (Å²) < 4.78 is 0. The molecule has 0 aromatic rings. The SMILES string of the molecule is CC1(C)CCC(CN)(NC2CCC(C)(C)C2)CC1. The van der Waals surface area contributed by atoms with Crippen LogP contribution in [0.3, 0.4) is 0 Å². The Labute approximate surface area is 113 Å². The van der Waals surface area contributed by atoms with Gasteiger partial charge in [0.2, 0.25) is 0 Å². The molecule has 1 unspecified atom stereocenters. The molecule has 0 spiro atoms. The van der Waals surface area contributed by atoms with Crippen LogP contribution in [0, 0.1) is 10.8 Å². The summed E-state index contributed by atoms with van der Waals surface area (Å²) in [5, 5.41) is 3.95. The lowest BCUT2D eigenvalue weighted by atomic mass is 9.69. The molecule has 2 fully saturated rings. The van der Waals surface area contributed by atoms with Gasteiger partial charge in [-0.2, -0.15) is 0 Å². The van der Waals surface area contributed by atoms with Crippen molar-refractivity contribution in [2.45, 2.75) is 84.2 Å². The van der Waals surface area contributed by atoms with Crippen molar-refractivity contribution in [2.24, 2.45) is 16.6 Å². The molecule has 106 valence electrons. The average molecular weight is 252 g/mol. The molecule has 0 saturated heterocycles. The van der Waals surface area contributed by atoms with Crippen molar-refractivity contribution in [1.82, 2.24) is 5.32 Å². The van der Waals surface area contributed by atoms with E-state index < -0.39 is 0 Å². The van der Waals surface area contributed by atoms with Gasteiger partial charge in [-0.25, -0.2) is 0 Å². The molecule has 3 N–H and O–H groups in total. The molecular formula is C16H32N2. The van der Waals surface area contributed by atoms with Crippen molar-refractivity contribution in [3.8, 4) is 0 Å². The predicted octanol–water partition coefficient (Wildman–Crippen LogP) is 3.45. The topological polar surface area (TPSA) is 38.0 Å². The Bertz CT molecular complexity index is 283. The zero-order valence-electron chi connectivity index (χ0n) is 12.8. The maximum atomic E-state index is 6.11. The molecule has 2 aliphatic rings. The lowest BCUT2D eigenvalue weighted by Crippen LogP contribution is -2.57. The van der Waals surface area contributed by atoms with Gasteiger partial charge < -0.3 is 11.1 Å². The van der Waals surface area contributed by atoms with Gasteiger partial charge >= 0.3 is 0 Å². The van der Waals surface area contributed by atoms with Crippen LogP contribution < -0.4 is 11.1 Å². The van der Waals surface area contributed by atoms with Crippen LogP contribution in [0.15, 0.2) is 0 Å². The van der Waals surface area contributed by atoms with Crippen molar-refractivity contribution in [3.63, 3.8) is 0 Å². The highest BCUT2D eigenvalue weighted by molar-refractivity contribution is 5.00. The Morgan fingerprint density at radius 3 is 2.00 bits per heavy atom. The van der Waals surface area contributed by atoms with Gasteiger partial charge in [-0.05, 0) is 55.8 Å². The van der Waals surface area contributed by atoms with Crippen LogP contribution in [0.2, 0.25) is 0 Å². The van der Waals surface area contributed by atoms with Crippen molar-refractivity contribution in [1.29, 1.82) is 0 Å². The number of nitrogens with two attached hydrogens (primary N) is 1. The van der Waals surface area contributed by atoms with E-state index in [-0.39, 0.29) is 5.54 Å². The molecule has 0 heterocycles. The second-order valence-corrected chi connectivity index (χ2v) is 8.40. The molecule has 2 nitrogen and oxygen atoms in total. The minimum absolute atomic E-state index is 0.237. The second-order valence-electron chi connectivity index (χ2n) is 8.40. The third-order valence-electron chi connectivity index (χ3n) is 5.43. The van der Waals surface area contributed by atoms with E-state index >= 15 is 0 Å². The van der Waals surface area contributed by atoms with E-state index in [1.54, 1.807) is 0 Å². The Hall–Kier alpha value is -0.0800. The standard InChI is InChI=1S/C16H32N2/c1-14(2)7-9-16(12-17,10-8-14)18-13-5-6-15(3,4)11-13/h13,18H,5-12,17H2,1-4H3. The number of hydrogen-bond donors (Lipinski definition) is 2. The monoisotopic (exact) mass is 252 g/mol. The van der Waals surface area contributed by atoms with Crippen LogP contribution in [0.4, 0.5) is 0 Å². The maximum absolute atomic E-state index is 6.11. The first-order chi connectivity index (χ1) is 8.26. The summed E-state index contributed by atoms with van der Waals surface area (Å²) in [6.45, 7) is 10.4. The van der Waals surface area contributed by atoms with Crippen molar-refractivity contribution in [2.75, 3.05) is 6.54 Å². The number of hydrogen-bond acceptors (Lipinski definition) is 2. The van der Waals surface area contributed by atoms with Crippen LogP contribution in [0.25, 0.3) is 0 Å². The first-order valence-electron chi connectivity index (χ1n) is 7.74. The van der Waals surface area contributed by atoms with E-state index in [9.17, 15) is 0 Å². The van der Waals surface area contributed by atoms with Crippen LogP contribution in [0.5, 0.6) is 0 Å². The largest absolute Gasteiger partial charge is 0.329 e. The molecule has 2 rings (SSSR count). The Balaban J connectivity index is 1.94. The highest BCUT2D eigenvalue weighted by Gasteiger charge is 2.41. The molecule has 2 heteroatoms. The first-order valence-corrected chi connectivity index (χ1v) is 7.74. The summed E-state index contributed by atoms with van der Waals surface area (Å²) in [5.41, 5.74) is 7.40. The molecule has 0 amide bonds. The molecule has 0 aromatic heterocycles. The molecule has 18 heavy (non-hydrogen) atoms. The molecule has 0 radical (unpaired) electrons. The second kappa shape index (κ2) is 4.79. The summed E-state index contributed by atoms with van der Waals surface area (Å²) in [4.78, 5) is 0. The van der Waals surface area contributed by atoms with Crippen LogP contribution in [-0.4, -0.2) is 18.1 Å². The maximum Gasteiger partial charge on any atom is 0.0306 e. The summed E-state index contributed by atoms with van der Waals surface area (Å²) in [5.74, 6) is 0. The summed E-state index contributed by atoms with van der Waals surface area (Å²) >= 11 is 0. The Morgan fingerprint density at radius 2 is 1.56 bits per heavy atom. The lowest BCUT2D eigenvalue weighted by Gasteiger charge is -2.45. The zero-order valence-corrected chi connectivity index (χ0v) is 12.8. The van der Waals surface area contributed by atoms with E-state index in [4.69, 9.17) is 5.73 Å². The van der Waals surface area contributed by atoms with Crippen LogP contribution >= 0.6 is 0 Å². The third kappa shape index (κ3) is 3.27. The van der Waals surface area contributed by atoms with Crippen molar-refractivity contribution < 1.29 is 0 Å². The lowest BCUT2D eigenvalue weighted by molar-refractivity contribution is 0.127. The molecule has 0 aliphatic heterocycles. The van der Waals surface area contributed by atoms with E-state index in [0.717, 1.165) is 6.54 Å². The third-order valence-corrected chi connectivity index (χ3v) is 5.43. The summed E-state index contributed by atoms with van der Waals surface area (Å²) in [6, 6.07) is 0.699. The van der Waals surface area contributed by atoms with Gasteiger partial charge in [-0.1, -0.05) is 27.7 Å². The van der Waals surface area contributed by atoms with Gasteiger partial charge in [-0.3, -0.25) is 0 Å². The van der Waals surface area contributed by atoms with Gasteiger partial charge in [0.25, 0.3) is 0 Å². The van der Waals surface area contributed by atoms with Gasteiger partial charge in [0, 0.05) is 18.1 Å². The van der Waals surface area contributed by atoms with E-state index in [1.165, 1.54) is 44.9 Å². The van der Waals surface area contributed by atoms with Crippen LogP contribution in [-0.2, 0) is 0 Å². The highest BCUT2D eigenvalue weighted by atomic mass is 15.0. The van der Waals surface area contributed by atoms with Gasteiger partial charge in [0.15, 0.2) is 0 Å².